The number of amides is 1. The van der Waals surface area contributed by atoms with Crippen LogP contribution in [0.1, 0.15) is 24.1 Å². The molecule has 2 aromatic rings. The number of carbonyl (C=O) groups excluding carboxylic acids is 1. The van der Waals surface area contributed by atoms with Gasteiger partial charge in [-0.3, -0.25) is 9.59 Å². The van der Waals surface area contributed by atoms with Gasteiger partial charge in [-0.1, -0.05) is 30.3 Å². The van der Waals surface area contributed by atoms with E-state index in [0.29, 0.717) is 0 Å². The fourth-order valence-corrected chi connectivity index (χ4v) is 2.77. The summed E-state index contributed by atoms with van der Waals surface area (Å²) in [5, 5.41) is 15.9. The molecule has 5 heteroatoms. The number of hydrogen-bond acceptors (Lipinski definition) is 3. The summed E-state index contributed by atoms with van der Waals surface area (Å²) in [6.07, 6.45) is 0.263. The second-order valence-electron chi connectivity index (χ2n) is 4.89. The highest BCUT2D eigenvalue weighted by atomic mass is 32.1. The van der Waals surface area contributed by atoms with Crippen LogP contribution < -0.4 is 5.32 Å². The van der Waals surface area contributed by atoms with Crippen molar-refractivity contribution in [3.63, 3.8) is 0 Å². The fraction of sp³-hybridized carbons (Fsp3) is 0.250. The van der Waals surface area contributed by atoms with Crippen molar-refractivity contribution in [2.75, 3.05) is 0 Å². The topological polar surface area (TPSA) is 66.4 Å². The van der Waals surface area contributed by atoms with E-state index in [1.54, 1.807) is 6.92 Å². The lowest BCUT2D eigenvalue weighted by Crippen LogP contribution is -2.36. The Morgan fingerprint density at radius 1 is 1.24 bits per heavy atom. The third-order valence-electron chi connectivity index (χ3n) is 3.31. The highest BCUT2D eigenvalue weighted by Gasteiger charge is 2.26. The van der Waals surface area contributed by atoms with Crippen LogP contribution >= 0.6 is 11.3 Å². The number of aliphatic carboxylic acids is 1. The Morgan fingerprint density at radius 2 is 1.95 bits per heavy atom. The molecule has 0 spiro atoms. The molecule has 4 nitrogen and oxygen atoms in total. The molecular weight excluding hydrogens is 286 g/mol. The largest absolute Gasteiger partial charge is 0.481 e. The average Bonchev–Trinajstić information content (AvgIpc) is 2.97. The molecule has 0 unspecified atom stereocenters. The third kappa shape index (κ3) is 4.16. The third-order valence-corrected chi connectivity index (χ3v) is 4.04. The lowest BCUT2D eigenvalue weighted by molar-refractivity contribution is -0.142. The minimum atomic E-state index is -0.931. The van der Waals surface area contributed by atoms with Crippen LogP contribution in [0.25, 0.3) is 0 Å². The number of thiophene rings is 1. The fourth-order valence-electron chi connectivity index (χ4n) is 2.10. The first-order valence-electron chi connectivity index (χ1n) is 6.66. The molecule has 0 aliphatic rings. The number of benzene rings is 1. The van der Waals surface area contributed by atoms with Crippen LogP contribution in [0.2, 0.25) is 0 Å². The number of rotatable bonds is 6. The van der Waals surface area contributed by atoms with Crippen molar-refractivity contribution < 1.29 is 14.7 Å². The summed E-state index contributed by atoms with van der Waals surface area (Å²) in [4.78, 5) is 23.4. The van der Waals surface area contributed by atoms with Gasteiger partial charge in [0.2, 0.25) is 5.91 Å². The SMILES string of the molecule is C[C@H](C(=O)O)[C@@H](NC(=O)Cc1ccsc1)c1ccccc1. The Balaban J connectivity index is 2.12. The summed E-state index contributed by atoms with van der Waals surface area (Å²) in [6.45, 7) is 1.60. The molecule has 0 aliphatic heterocycles. The molecule has 1 amide bonds. The second kappa shape index (κ2) is 7.04. The minimum absolute atomic E-state index is 0.171. The molecule has 2 rings (SSSR count). The Kier molecular flexibility index (Phi) is 5.11. The van der Waals surface area contributed by atoms with Gasteiger partial charge in [-0.2, -0.15) is 11.3 Å². The van der Waals surface area contributed by atoms with Crippen LogP contribution in [-0.4, -0.2) is 17.0 Å². The van der Waals surface area contributed by atoms with Gasteiger partial charge in [0, 0.05) is 0 Å². The zero-order chi connectivity index (χ0) is 15.2. The Bertz CT molecular complexity index is 595. The molecule has 0 fully saturated rings. The van der Waals surface area contributed by atoms with E-state index >= 15 is 0 Å². The maximum atomic E-state index is 12.1. The van der Waals surface area contributed by atoms with E-state index in [2.05, 4.69) is 5.32 Å². The molecule has 110 valence electrons. The Morgan fingerprint density at radius 3 is 2.52 bits per heavy atom. The Hall–Kier alpha value is -2.14. The van der Waals surface area contributed by atoms with Gasteiger partial charge < -0.3 is 10.4 Å². The smallest absolute Gasteiger partial charge is 0.308 e. The second-order valence-corrected chi connectivity index (χ2v) is 5.67. The summed E-state index contributed by atoms with van der Waals surface area (Å²) in [6, 6.07) is 10.5. The van der Waals surface area contributed by atoms with E-state index in [-0.39, 0.29) is 12.3 Å². The molecule has 1 aromatic carbocycles. The molecule has 21 heavy (non-hydrogen) atoms. The van der Waals surface area contributed by atoms with Gasteiger partial charge in [0.1, 0.15) is 0 Å². The van der Waals surface area contributed by atoms with Crippen LogP contribution in [0.15, 0.2) is 47.2 Å². The van der Waals surface area contributed by atoms with Crippen molar-refractivity contribution in [2.45, 2.75) is 19.4 Å². The maximum Gasteiger partial charge on any atom is 0.308 e. The van der Waals surface area contributed by atoms with E-state index in [9.17, 15) is 14.7 Å². The van der Waals surface area contributed by atoms with Crippen molar-refractivity contribution in [1.82, 2.24) is 5.32 Å². The van der Waals surface area contributed by atoms with Gasteiger partial charge in [0.05, 0.1) is 18.4 Å². The molecule has 0 bridgehead atoms. The van der Waals surface area contributed by atoms with Crippen molar-refractivity contribution in [2.24, 2.45) is 5.92 Å². The molecule has 0 radical (unpaired) electrons. The Labute approximate surface area is 127 Å². The van der Waals surface area contributed by atoms with Crippen molar-refractivity contribution in [3.05, 3.63) is 58.3 Å². The summed E-state index contributed by atoms with van der Waals surface area (Å²) >= 11 is 1.53. The zero-order valence-corrected chi connectivity index (χ0v) is 12.5. The molecule has 2 atom stereocenters. The van der Waals surface area contributed by atoms with E-state index in [1.165, 1.54) is 11.3 Å². The quantitative estimate of drug-likeness (QED) is 0.862. The highest BCUT2D eigenvalue weighted by Crippen LogP contribution is 2.22. The highest BCUT2D eigenvalue weighted by molar-refractivity contribution is 7.07. The van der Waals surface area contributed by atoms with Gasteiger partial charge in [-0.25, -0.2) is 0 Å². The van der Waals surface area contributed by atoms with E-state index in [0.717, 1.165) is 11.1 Å². The number of carbonyl (C=O) groups is 2. The summed E-state index contributed by atoms with van der Waals surface area (Å²) < 4.78 is 0. The molecule has 0 saturated heterocycles. The first kappa shape index (κ1) is 15.3. The lowest BCUT2D eigenvalue weighted by atomic mass is 9.94. The standard InChI is InChI=1S/C16H17NO3S/c1-11(16(19)20)15(13-5-3-2-4-6-13)17-14(18)9-12-7-8-21-10-12/h2-8,10-11,15H,9H2,1H3,(H,17,18)(H,19,20)/t11-,15+/m0/s1. The molecule has 1 aromatic heterocycles. The minimum Gasteiger partial charge on any atom is -0.481 e. The van der Waals surface area contributed by atoms with E-state index in [4.69, 9.17) is 0 Å². The monoisotopic (exact) mass is 303 g/mol. The van der Waals surface area contributed by atoms with Gasteiger partial charge in [-0.15, -0.1) is 0 Å². The van der Waals surface area contributed by atoms with Gasteiger partial charge in [0.25, 0.3) is 0 Å². The first-order valence-corrected chi connectivity index (χ1v) is 7.60. The molecule has 0 saturated carbocycles. The number of hydrogen-bond donors (Lipinski definition) is 2. The maximum absolute atomic E-state index is 12.1. The van der Waals surface area contributed by atoms with Crippen molar-refractivity contribution in [3.8, 4) is 0 Å². The predicted molar refractivity (Wildman–Crippen MR) is 82.1 cm³/mol. The van der Waals surface area contributed by atoms with Gasteiger partial charge in [0.15, 0.2) is 0 Å². The average molecular weight is 303 g/mol. The summed E-state index contributed by atoms with van der Waals surface area (Å²) in [7, 11) is 0. The molecule has 2 N–H and O–H groups in total. The van der Waals surface area contributed by atoms with Crippen LogP contribution in [0, 0.1) is 5.92 Å². The number of carboxylic acids is 1. The molecule has 0 aliphatic carbocycles. The van der Waals surface area contributed by atoms with E-state index < -0.39 is 17.9 Å². The normalized spacial score (nSPS) is 13.4. The van der Waals surface area contributed by atoms with E-state index in [1.807, 2.05) is 47.2 Å². The summed E-state index contributed by atoms with van der Waals surface area (Å²) in [5.41, 5.74) is 1.73. The van der Waals surface area contributed by atoms with Gasteiger partial charge >= 0.3 is 5.97 Å². The summed E-state index contributed by atoms with van der Waals surface area (Å²) in [5.74, 6) is -1.80. The predicted octanol–water partition coefficient (Wildman–Crippen LogP) is 2.87. The number of nitrogens with one attached hydrogen (secondary N) is 1. The van der Waals surface area contributed by atoms with Crippen molar-refractivity contribution in [1.29, 1.82) is 0 Å². The van der Waals surface area contributed by atoms with Crippen molar-refractivity contribution >= 4 is 23.2 Å². The number of carboxylic acid groups (broad SMARTS) is 1. The zero-order valence-electron chi connectivity index (χ0n) is 11.7. The van der Waals surface area contributed by atoms with Crippen LogP contribution in [0.3, 0.4) is 0 Å². The van der Waals surface area contributed by atoms with Gasteiger partial charge in [-0.05, 0) is 34.9 Å². The molecular formula is C16H17NO3S. The lowest BCUT2D eigenvalue weighted by Gasteiger charge is -2.23. The molecule has 1 heterocycles. The van der Waals surface area contributed by atoms with Crippen LogP contribution in [0.4, 0.5) is 0 Å². The first-order chi connectivity index (χ1) is 10.1. The van der Waals surface area contributed by atoms with Crippen LogP contribution in [-0.2, 0) is 16.0 Å². The van der Waals surface area contributed by atoms with Crippen LogP contribution in [0.5, 0.6) is 0 Å².